The third-order valence-corrected chi connectivity index (χ3v) is 2.62. The summed E-state index contributed by atoms with van der Waals surface area (Å²) in [5, 5.41) is 9.56. The van der Waals surface area contributed by atoms with Crippen LogP contribution in [-0.2, 0) is 4.79 Å². The van der Waals surface area contributed by atoms with Crippen LogP contribution in [-0.4, -0.2) is 17.1 Å². The number of nitrogens with two attached hydrogens (primary N) is 1. The molecule has 2 unspecified atom stereocenters. The number of carbonyl (C=O) groups is 1. The predicted molar refractivity (Wildman–Crippen MR) is 64.1 cm³/mol. The van der Waals surface area contributed by atoms with Gasteiger partial charge in [-0.1, -0.05) is 15.9 Å². The van der Waals surface area contributed by atoms with E-state index in [2.05, 4.69) is 15.9 Å². The molecule has 0 aliphatic rings. The highest BCUT2D eigenvalue weighted by molar-refractivity contribution is 9.10. The Bertz CT molecular complexity index is 393. The third kappa shape index (κ3) is 3.21. The molecule has 0 spiro atoms. The number of carbonyl (C=O) groups excluding carboxylic acids is 1. The molecular formula is C11H14BrNO3. The second kappa shape index (κ2) is 5.32. The fraction of sp³-hybridized carbons (Fsp3) is 0.364. The van der Waals surface area contributed by atoms with Gasteiger partial charge in [-0.3, -0.25) is 4.79 Å². The Morgan fingerprint density at radius 3 is 2.62 bits per heavy atom. The van der Waals surface area contributed by atoms with Crippen LogP contribution in [0.15, 0.2) is 22.7 Å². The van der Waals surface area contributed by atoms with Crippen LogP contribution in [0.1, 0.15) is 25.5 Å². The SMILES string of the molecule is CC(Oc1ccc(Br)cc1C(C)O)C(N)=O. The maximum absolute atomic E-state index is 10.9. The van der Waals surface area contributed by atoms with Crippen LogP contribution in [0.2, 0.25) is 0 Å². The number of rotatable bonds is 4. The van der Waals surface area contributed by atoms with Crippen LogP contribution < -0.4 is 10.5 Å². The van der Waals surface area contributed by atoms with Crippen LogP contribution in [0, 0.1) is 0 Å². The van der Waals surface area contributed by atoms with Gasteiger partial charge in [-0.2, -0.15) is 0 Å². The molecule has 0 fully saturated rings. The first-order valence-electron chi connectivity index (χ1n) is 4.85. The first-order chi connectivity index (χ1) is 7.41. The summed E-state index contributed by atoms with van der Waals surface area (Å²) in [6, 6.07) is 5.20. The number of benzene rings is 1. The van der Waals surface area contributed by atoms with Crippen molar-refractivity contribution >= 4 is 21.8 Å². The van der Waals surface area contributed by atoms with Gasteiger partial charge in [0, 0.05) is 10.0 Å². The number of primary amides is 1. The van der Waals surface area contributed by atoms with E-state index in [1.54, 1.807) is 32.0 Å². The molecule has 0 radical (unpaired) electrons. The molecule has 1 amide bonds. The smallest absolute Gasteiger partial charge is 0.258 e. The molecule has 5 heteroatoms. The maximum Gasteiger partial charge on any atom is 0.258 e. The minimum Gasteiger partial charge on any atom is -0.481 e. The summed E-state index contributed by atoms with van der Waals surface area (Å²) in [6.07, 6.45) is -1.40. The van der Waals surface area contributed by atoms with Gasteiger partial charge in [0.05, 0.1) is 6.10 Å². The Morgan fingerprint density at radius 2 is 2.12 bits per heavy atom. The molecular weight excluding hydrogens is 274 g/mol. The monoisotopic (exact) mass is 287 g/mol. The molecule has 1 rings (SSSR count). The van der Waals surface area contributed by atoms with Gasteiger partial charge in [0.25, 0.3) is 5.91 Å². The Labute approximate surface area is 103 Å². The van der Waals surface area contributed by atoms with Gasteiger partial charge in [0.1, 0.15) is 5.75 Å². The van der Waals surface area contributed by atoms with Gasteiger partial charge >= 0.3 is 0 Å². The van der Waals surface area contributed by atoms with E-state index in [9.17, 15) is 9.90 Å². The number of ether oxygens (including phenoxy) is 1. The van der Waals surface area contributed by atoms with Gasteiger partial charge in [-0.15, -0.1) is 0 Å². The third-order valence-electron chi connectivity index (χ3n) is 2.13. The van der Waals surface area contributed by atoms with E-state index in [-0.39, 0.29) is 0 Å². The minimum absolute atomic E-state index is 0.463. The van der Waals surface area contributed by atoms with Crippen LogP contribution >= 0.6 is 15.9 Å². The molecule has 0 bridgehead atoms. The molecule has 88 valence electrons. The fourth-order valence-electron chi connectivity index (χ4n) is 1.20. The van der Waals surface area contributed by atoms with E-state index in [0.717, 1.165) is 4.47 Å². The first-order valence-corrected chi connectivity index (χ1v) is 5.64. The topological polar surface area (TPSA) is 72.6 Å². The number of hydrogen-bond acceptors (Lipinski definition) is 3. The number of amides is 1. The largest absolute Gasteiger partial charge is 0.481 e. The molecule has 0 aromatic heterocycles. The zero-order chi connectivity index (χ0) is 12.3. The lowest BCUT2D eigenvalue weighted by molar-refractivity contribution is -0.124. The standard InChI is InChI=1S/C11H14BrNO3/c1-6(14)9-5-8(12)3-4-10(9)16-7(2)11(13)15/h3-7,14H,1-2H3,(H2,13,15). The molecule has 1 aromatic rings. The Hall–Kier alpha value is -1.07. The average Bonchev–Trinajstić information content (AvgIpc) is 2.20. The highest BCUT2D eigenvalue weighted by Crippen LogP contribution is 2.29. The van der Waals surface area contributed by atoms with Gasteiger partial charge in [0.15, 0.2) is 6.10 Å². The van der Waals surface area contributed by atoms with Crippen molar-refractivity contribution in [1.82, 2.24) is 0 Å². The minimum atomic E-state index is -0.723. The summed E-state index contributed by atoms with van der Waals surface area (Å²) < 4.78 is 6.20. The molecule has 2 atom stereocenters. The highest BCUT2D eigenvalue weighted by atomic mass is 79.9. The van der Waals surface area contributed by atoms with E-state index in [0.29, 0.717) is 11.3 Å². The van der Waals surface area contributed by atoms with Crippen LogP contribution in [0.4, 0.5) is 0 Å². The fourth-order valence-corrected chi connectivity index (χ4v) is 1.58. The van der Waals surface area contributed by atoms with E-state index in [4.69, 9.17) is 10.5 Å². The van der Waals surface area contributed by atoms with Gasteiger partial charge in [-0.25, -0.2) is 0 Å². The van der Waals surface area contributed by atoms with Crippen LogP contribution in [0.3, 0.4) is 0 Å². The zero-order valence-corrected chi connectivity index (χ0v) is 10.7. The molecule has 0 heterocycles. The Kier molecular flexibility index (Phi) is 4.32. The van der Waals surface area contributed by atoms with Crippen molar-refractivity contribution in [2.75, 3.05) is 0 Å². The molecule has 0 aliphatic heterocycles. The van der Waals surface area contributed by atoms with E-state index < -0.39 is 18.1 Å². The summed E-state index contributed by atoms with van der Waals surface area (Å²) >= 11 is 3.30. The molecule has 1 aromatic carbocycles. The number of hydrogen-bond donors (Lipinski definition) is 2. The summed E-state index contributed by atoms with van der Waals surface area (Å²) in [5.41, 5.74) is 5.72. The van der Waals surface area contributed by atoms with E-state index in [1.165, 1.54) is 0 Å². The molecule has 3 N–H and O–H groups in total. The quantitative estimate of drug-likeness (QED) is 0.886. The van der Waals surface area contributed by atoms with Crippen molar-refractivity contribution in [2.45, 2.75) is 26.1 Å². The van der Waals surface area contributed by atoms with Crippen molar-refractivity contribution in [3.05, 3.63) is 28.2 Å². The van der Waals surface area contributed by atoms with Gasteiger partial charge in [0.2, 0.25) is 0 Å². The summed E-state index contributed by atoms with van der Waals surface area (Å²) in [6.45, 7) is 3.19. The van der Waals surface area contributed by atoms with Gasteiger partial charge < -0.3 is 15.6 Å². The lowest BCUT2D eigenvalue weighted by atomic mass is 10.1. The highest BCUT2D eigenvalue weighted by Gasteiger charge is 2.15. The lowest BCUT2D eigenvalue weighted by Gasteiger charge is -2.16. The molecule has 0 aliphatic carbocycles. The van der Waals surface area contributed by atoms with E-state index >= 15 is 0 Å². The summed E-state index contributed by atoms with van der Waals surface area (Å²) in [4.78, 5) is 10.9. The lowest BCUT2D eigenvalue weighted by Crippen LogP contribution is -2.31. The van der Waals surface area contributed by atoms with Crippen LogP contribution in [0.5, 0.6) is 5.75 Å². The molecule has 16 heavy (non-hydrogen) atoms. The van der Waals surface area contributed by atoms with Crippen molar-refractivity contribution in [1.29, 1.82) is 0 Å². The van der Waals surface area contributed by atoms with Crippen molar-refractivity contribution in [3.8, 4) is 5.75 Å². The Balaban J connectivity index is 2.99. The maximum atomic E-state index is 10.9. The second-order valence-electron chi connectivity index (χ2n) is 3.52. The number of aliphatic hydroxyl groups excluding tert-OH is 1. The van der Waals surface area contributed by atoms with E-state index in [1.807, 2.05) is 0 Å². The molecule has 4 nitrogen and oxygen atoms in total. The number of halogens is 1. The predicted octanol–water partition coefficient (Wildman–Crippen LogP) is 1.75. The number of aliphatic hydroxyl groups is 1. The Morgan fingerprint density at radius 1 is 1.50 bits per heavy atom. The molecule has 0 saturated carbocycles. The van der Waals surface area contributed by atoms with Crippen molar-refractivity contribution < 1.29 is 14.6 Å². The second-order valence-corrected chi connectivity index (χ2v) is 4.44. The summed E-state index contributed by atoms with van der Waals surface area (Å²) in [5.74, 6) is -0.0797. The van der Waals surface area contributed by atoms with Crippen molar-refractivity contribution in [3.63, 3.8) is 0 Å². The molecule has 0 saturated heterocycles. The average molecular weight is 288 g/mol. The normalized spacial score (nSPS) is 14.2. The zero-order valence-electron chi connectivity index (χ0n) is 9.11. The summed E-state index contributed by atoms with van der Waals surface area (Å²) in [7, 11) is 0. The van der Waals surface area contributed by atoms with Crippen LogP contribution in [0.25, 0.3) is 0 Å². The van der Waals surface area contributed by atoms with Gasteiger partial charge in [-0.05, 0) is 32.0 Å². The first kappa shape index (κ1) is 13.0. The van der Waals surface area contributed by atoms with Crippen molar-refractivity contribution in [2.24, 2.45) is 5.73 Å².